The van der Waals surface area contributed by atoms with Crippen molar-refractivity contribution in [2.75, 3.05) is 6.61 Å². The molecule has 0 aromatic rings. The molecule has 0 saturated heterocycles. The minimum absolute atomic E-state index is 0.318. The molecule has 5 heteroatoms. The topological polar surface area (TPSA) is 18.5 Å². The fourth-order valence-electron chi connectivity index (χ4n) is 2.06. The highest BCUT2D eigenvalue weighted by molar-refractivity contribution is 8.28. The van der Waals surface area contributed by atoms with Gasteiger partial charge in [0.2, 0.25) is 0 Å². The average Bonchev–Trinajstić information content (AvgIpc) is 2.22. The third-order valence-corrected chi connectivity index (χ3v) is 10.2. The highest BCUT2D eigenvalue weighted by Gasteiger charge is 2.36. The second-order valence-electron chi connectivity index (χ2n) is 6.77. The van der Waals surface area contributed by atoms with Crippen molar-refractivity contribution in [3.8, 4) is 0 Å². The molecule has 0 aliphatic rings. The van der Waals surface area contributed by atoms with E-state index >= 15 is 0 Å². The van der Waals surface area contributed by atoms with Crippen molar-refractivity contribution in [2.45, 2.75) is 78.2 Å². The van der Waals surface area contributed by atoms with Crippen LogP contribution in [0.5, 0.6) is 0 Å². The largest absolute Gasteiger partial charge is 0.394 e. The Morgan fingerprint density at radius 3 is 2.00 bits per heavy atom. The predicted octanol–water partition coefficient (Wildman–Crippen LogP) is 5.46. The summed E-state index contributed by atoms with van der Waals surface area (Å²) in [6.45, 7) is 19.2. The van der Waals surface area contributed by atoms with Gasteiger partial charge in [-0.25, -0.2) is 0 Å². The Balaban J connectivity index is 4.66. The van der Waals surface area contributed by atoms with Gasteiger partial charge in [-0.3, -0.25) is 0 Å². The normalized spacial score (nSPS) is 17.5. The molecule has 0 bridgehead atoms. The van der Waals surface area contributed by atoms with Gasteiger partial charge in [-0.15, -0.1) is 0 Å². The lowest BCUT2D eigenvalue weighted by molar-refractivity contribution is 0.155. The van der Waals surface area contributed by atoms with Gasteiger partial charge in [-0.1, -0.05) is 47.3 Å². The lowest BCUT2D eigenvalue weighted by Gasteiger charge is -2.34. The molecule has 0 N–H and O–H groups in total. The van der Waals surface area contributed by atoms with Crippen molar-refractivity contribution >= 4 is 27.0 Å². The zero-order valence-corrected chi connectivity index (χ0v) is 17.0. The van der Waals surface area contributed by atoms with Gasteiger partial charge in [0, 0.05) is 6.61 Å². The van der Waals surface area contributed by atoms with Gasteiger partial charge in [0.25, 0.3) is 0 Å². The first-order valence-electron chi connectivity index (χ1n) is 7.61. The van der Waals surface area contributed by atoms with E-state index in [0.29, 0.717) is 11.4 Å². The molecule has 0 amide bonds. The lowest BCUT2D eigenvalue weighted by atomic mass is 10.3. The van der Waals surface area contributed by atoms with Crippen molar-refractivity contribution in [2.24, 2.45) is 5.92 Å². The maximum Gasteiger partial charge on any atom is 0.336 e. The van der Waals surface area contributed by atoms with Crippen molar-refractivity contribution in [3.05, 3.63) is 0 Å². The second-order valence-corrected chi connectivity index (χ2v) is 19.3. The minimum Gasteiger partial charge on any atom is -0.394 e. The molecule has 2 atom stereocenters. The molecule has 0 aliphatic carbocycles. The first kappa shape index (κ1) is 19.7. The minimum atomic E-state index is -2.02. The summed E-state index contributed by atoms with van der Waals surface area (Å²) >= 11 is 2.06. The van der Waals surface area contributed by atoms with Crippen LogP contribution in [0.4, 0.5) is 0 Å². The summed E-state index contributed by atoms with van der Waals surface area (Å²) in [7, 11) is -3.17. The Kier molecular flexibility index (Phi) is 9.20. The Bertz CT molecular complexity index is 244. The fraction of sp³-hybridized carbons (Fsp3) is 1.00. The van der Waals surface area contributed by atoms with Gasteiger partial charge in [0.05, 0.1) is 5.44 Å². The number of rotatable bonds is 10. The zero-order valence-electron chi connectivity index (χ0n) is 14.2. The van der Waals surface area contributed by atoms with E-state index in [4.69, 9.17) is 8.85 Å². The van der Waals surface area contributed by atoms with Gasteiger partial charge in [-0.05, 0) is 31.4 Å². The molecule has 116 valence electrons. The maximum atomic E-state index is 6.49. The summed E-state index contributed by atoms with van der Waals surface area (Å²) in [4.78, 5) is 0. The first-order valence-corrected chi connectivity index (χ1v) is 15.2. The van der Waals surface area contributed by atoms with Gasteiger partial charge in [0.15, 0.2) is 0 Å². The zero-order chi connectivity index (χ0) is 15.1. The predicted molar refractivity (Wildman–Crippen MR) is 93.6 cm³/mol. The molecule has 0 aromatic heterocycles. The monoisotopic (exact) mass is 322 g/mol. The van der Waals surface area contributed by atoms with E-state index in [-0.39, 0.29) is 0 Å². The molecule has 2 nitrogen and oxygen atoms in total. The molecule has 19 heavy (non-hydrogen) atoms. The highest BCUT2D eigenvalue weighted by atomic mass is 32.4. The van der Waals surface area contributed by atoms with Crippen LogP contribution < -0.4 is 0 Å². The molecule has 0 fully saturated rings. The van der Waals surface area contributed by atoms with E-state index in [2.05, 4.69) is 65.1 Å². The van der Waals surface area contributed by atoms with Crippen LogP contribution >= 0.6 is 11.2 Å². The van der Waals surface area contributed by atoms with Gasteiger partial charge >= 0.3 is 8.56 Å². The Hall–Kier alpha value is 0.704. The molecular weight excluding hydrogens is 288 g/mol. The standard InChI is InChI=1S/C14H34O2SSi2/c1-9-11-15-19(8,12-13(3)4)16-14(10-2)17-18(5,6)7/h13-14H,9-12H2,1-8H3. The molecule has 2 unspecified atom stereocenters. The van der Waals surface area contributed by atoms with E-state index in [1.165, 1.54) is 0 Å². The van der Waals surface area contributed by atoms with E-state index in [9.17, 15) is 0 Å². The SMILES string of the molecule is CCCO[Si](C)(CC(C)C)OC(CC)S[Si](C)(C)C. The third-order valence-electron chi connectivity index (χ3n) is 2.59. The molecule has 0 radical (unpaired) electrons. The molecule has 0 aliphatic heterocycles. The fourth-order valence-corrected chi connectivity index (χ4v) is 10.2. The van der Waals surface area contributed by atoms with Gasteiger partial charge < -0.3 is 8.85 Å². The molecule has 0 spiro atoms. The van der Waals surface area contributed by atoms with Gasteiger partial charge in [-0.2, -0.15) is 11.2 Å². The summed E-state index contributed by atoms with van der Waals surface area (Å²) in [6, 6.07) is 1.09. The lowest BCUT2D eigenvalue weighted by Crippen LogP contribution is -2.43. The summed E-state index contributed by atoms with van der Waals surface area (Å²) in [5.74, 6) is 0.642. The average molecular weight is 323 g/mol. The Morgan fingerprint density at radius 2 is 1.63 bits per heavy atom. The number of hydrogen-bond donors (Lipinski definition) is 0. The Labute approximate surface area is 126 Å². The van der Waals surface area contributed by atoms with E-state index in [1.807, 2.05) is 0 Å². The summed E-state index contributed by atoms with van der Waals surface area (Å²) in [6.07, 6.45) is 2.15. The van der Waals surface area contributed by atoms with Crippen molar-refractivity contribution in [1.82, 2.24) is 0 Å². The molecule has 0 aromatic carbocycles. The molecule has 0 saturated carbocycles. The van der Waals surface area contributed by atoms with E-state index in [0.717, 1.165) is 25.5 Å². The van der Waals surface area contributed by atoms with Crippen LogP contribution in [-0.4, -0.2) is 27.8 Å². The van der Waals surface area contributed by atoms with Crippen molar-refractivity contribution in [1.29, 1.82) is 0 Å². The summed E-state index contributed by atoms with van der Waals surface area (Å²) in [5, 5.41) is 0. The van der Waals surface area contributed by atoms with Crippen molar-refractivity contribution < 1.29 is 8.85 Å². The van der Waals surface area contributed by atoms with Gasteiger partial charge in [0.1, 0.15) is 7.22 Å². The van der Waals surface area contributed by atoms with Crippen LogP contribution in [0.2, 0.25) is 32.2 Å². The second kappa shape index (κ2) is 8.87. The maximum absolute atomic E-state index is 6.49. The van der Waals surface area contributed by atoms with E-state index < -0.39 is 15.8 Å². The summed E-state index contributed by atoms with van der Waals surface area (Å²) < 4.78 is 12.6. The summed E-state index contributed by atoms with van der Waals surface area (Å²) in [5.41, 5.74) is 0.318. The van der Waals surface area contributed by atoms with Crippen LogP contribution in [0.25, 0.3) is 0 Å². The molecule has 0 heterocycles. The van der Waals surface area contributed by atoms with Crippen LogP contribution in [0.15, 0.2) is 0 Å². The quantitative estimate of drug-likeness (QED) is 0.393. The Morgan fingerprint density at radius 1 is 1.05 bits per heavy atom. The van der Waals surface area contributed by atoms with Crippen LogP contribution in [-0.2, 0) is 8.85 Å². The van der Waals surface area contributed by atoms with Crippen LogP contribution in [0.3, 0.4) is 0 Å². The first-order chi connectivity index (χ1) is 8.62. The smallest absolute Gasteiger partial charge is 0.336 e. The van der Waals surface area contributed by atoms with E-state index in [1.54, 1.807) is 0 Å². The molecular formula is C14H34O2SSi2. The third kappa shape index (κ3) is 10.1. The van der Waals surface area contributed by atoms with Crippen molar-refractivity contribution in [3.63, 3.8) is 0 Å². The molecule has 0 rings (SSSR count). The highest BCUT2D eigenvalue weighted by Crippen LogP contribution is 2.32. The number of hydrogen-bond acceptors (Lipinski definition) is 3. The van der Waals surface area contributed by atoms with Crippen LogP contribution in [0.1, 0.15) is 40.5 Å². The van der Waals surface area contributed by atoms with Crippen LogP contribution in [0, 0.1) is 5.92 Å².